The van der Waals surface area contributed by atoms with Gasteiger partial charge in [0.15, 0.2) is 17.8 Å². The lowest BCUT2D eigenvalue weighted by molar-refractivity contribution is 0.0512. The van der Waals surface area contributed by atoms with Gasteiger partial charge in [-0.05, 0) is 59.3 Å². The van der Waals surface area contributed by atoms with Gasteiger partial charge in [0, 0.05) is 44.2 Å². The topological polar surface area (TPSA) is 90.9 Å². The minimum atomic E-state index is -2.55. The van der Waals surface area contributed by atoms with Crippen LogP contribution in [0.25, 0.3) is 32.9 Å². The van der Waals surface area contributed by atoms with Crippen LogP contribution in [0.1, 0.15) is 64.1 Å². The van der Waals surface area contributed by atoms with Gasteiger partial charge in [0.25, 0.3) is 0 Å². The number of methoxy groups -OCH3 is 3. The Kier molecular flexibility index (Phi) is 10.4. The van der Waals surface area contributed by atoms with Gasteiger partial charge in [0.05, 0.1) is 28.9 Å². The average molecular weight is 767 g/mol. The predicted octanol–water partition coefficient (Wildman–Crippen LogP) is 8.36. The van der Waals surface area contributed by atoms with Crippen molar-refractivity contribution in [2.45, 2.75) is 87.7 Å². The number of pyridine rings is 1. The molecule has 13 heteroatoms. The van der Waals surface area contributed by atoms with Crippen LogP contribution in [0.5, 0.6) is 11.6 Å². The van der Waals surface area contributed by atoms with E-state index in [9.17, 15) is 0 Å². The molecule has 0 spiro atoms. The third-order valence-electron chi connectivity index (χ3n) is 11.1. The van der Waals surface area contributed by atoms with E-state index >= 15 is 8.78 Å². The number of piperazine rings is 1. The highest BCUT2D eigenvalue weighted by Gasteiger charge is 2.46. The zero-order valence-corrected chi connectivity index (χ0v) is 33.8. The Balaban J connectivity index is 1.61. The number of aromatic nitrogens is 3. The summed E-state index contributed by atoms with van der Waals surface area (Å²) in [7, 11) is -1.91. The van der Waals surface area contributed by atoms with Gasteiger partial charge in [0.2, 0.25) is 5.88 Å². The van der Waals surface area contributed by atoms with Crippen molar-refractivity contribution in [3.05, 3.63) is 41.5 Å². The Bertz CT molecular complexity index is 2160. The fourth-order valence-corrected chi connectivity index (χ4v) is 14.3. The van der Waals surface area contributed by atoms with Crippen LogP contribution in [0.2, 0.25) is 16.6 Å². The summed E-state index contributed by atoms with van der Waals surface area (Å²) in [5.74, 6) is 2.89. The molecule has 2 aromatic carbocycles. The Labute approximate surface area is 321 Å². The third-order valence-corrected chi connectivity index (χ3v) is 17.9. The highest BCUT2D eigenvalue weighted by Crippen LogP contribution is 2.44. The van der Waals surface area contributed by atoms with E-state index in [0.717, 1.165) is 6.42 Å². The molecular formula is C40H51F2N5O4SSi. The van der Waals surface area contributed by atoms with Gasteiger partial charge in [-0.2, -0.15) is 0 Å². The first-order chi connectivity index (χ1) is 26.5. The quantitative estimate of drug-likeness (QED) is 0.0499. The normalized spacial score (nSPS) is 19.8. The summed E-state index contributed by atoms with van der Waals surface area (Å²) < 4.78 is 79.0. The van der Waals surface area contributed by atoms with E-state index in [2.05, 4.69) is 63.3 Å². The van der Waals surface area contributed by atoms with Crippen LogP contribution < -0.4 is 19.7 Å². The van der Waals surface area contributed by atoms with Crippen LogP contribution in [0.3, 0.4) is 0 Å². The van der Waals surface area contributed by atoms with Gasteiger partial charge in [-0.25, -0.2) is 23.7 Å². The van der Waals surface area contributed by atoms with Crippen molar-refractivity contribution in [3.63, 3.8) is 0 Å². The molecule has 0 amide bonds. The molecule has 4 heterocycles. The molecule has 9 nitrogen and oxygen atoms in total. The number of thioether (sulfide) groups is 1. The van der Waals surface area contributed by atoms with Crippen LogP contribution >= 0.6 is 11.8 Å². The van der Waals surface area contributed by atoms with Crippen LogP contribution in [0.15, 0.2) is 29.4 Å². The zero-order valence-electron chi connectivity index (χ0n) is 34.9. The first kappa shape index (κ1) is 35.2. The third kappa shape index (κ3) is 7.09. The van der Waals surface area contributed by atoms with Crippen molar-refractivity contribution in [1.82, 2.24) is 20.3 Å². The Morgan fingerprint density at radius 3 is 2.47 bits per heavy atom. The van der Waals surface area contributed by atoms with Gasteiger partial charge < -0.3 is 29.2 Å². The van der Waals surface area contributed by atoms with Crippen molar-refractivity contribution < 1.29 is 31.8 Å². The van der Waals surface area contributed by atoms with Gasteiger partial charge in [0.1, 0.15) is 42.1 Å². The van der Waals surface area contributed by atoms with E-state index in [-0.39, 0.29) is 53.0 Å². The fourth-order valence-electron chi connectivity index (χ4n) is 8.73. The van der Waals surface area contributed by atoms with Crippen LogP contribution in [0.4, 0.5) is 14.6 Å². The predicted molar refractivity (Wildman–Crippen MR) is 212 cm³/mol. The largest absolute Gasteiger partial charge is 0.480 e. The zero-order chi connectivity index (χ0) is 40.7. The maximum absolute atomic E-state index is 17.5. The number of hydrogen-bond acceptors (Lipinski definition) is 10. The summed E-state index contributed by atoms with van der Waals surface area (Å²) in [5.41, 5.74) is 4.19. The molecule has 2 atom stereocenters. The Morgan fingerprint density at radius 2 is 1.81 bits per heavy atom. The molecule has 0 radical (unpaired) electrons. The molecule has 2 bridgehead atoms. The van der Waals surface area contributed by atoms with Crippen LogP contribution in [0, 0.1) is 23.1 Å². The lowest BCUT2D eigenvalue weighted by Crippen LogP contribution is -2.62. The first-order valence-electron chi connectivity index (χ1n) is 19.5. The van der Waals surface area contributed by atoms with Gasteiger partial charge >= 0.3 is 0 Å². The molecule has 2 fully saturated rings. The van der Waals surface area contributed by atoms with E-state index in [1.165, 1.54) is 32.0 Å². The summed E-state index contributed by atoms with van der Waals surface area (Å²) in [5, 5.41) is 5.12. The van der Waals surface area contributed by atoms with Crippen molar-refractivity contribution in [3.8, 4) is 34.4 Å². The number of nitrogens with one attached hydrogen (secondary N) is 1. The number of halogens is 2. The standard InChI is InChI=1S/C40H51F2N5O4SSi/c1-23(2)53(24(3)4,25(5)6)16-14-29-31(41)12-11-26-17-28(51-22-49-8)18-30(32(26)29)35-34(42)36-33(38(43-35)50-9)37(45-39(44-36)52-10)47-19-27-13-15-40(20-47,46-27)21-48-7/h11-12,17-18,23-25,27,46H,13,15,19-22H2,1-10H3/t27-,40+/m1/s1/i7D3. The molecule has 2 aliphatic heterocycles. The number of nitrogens with zero attached hydrogens (tertiary/aromatic N) is 4. The minimum absolute atomic E-state index is 0.0221. The molecule has 2 aromatic heterocycles. The first-order valence-corrected chi connectivity index (χ1v) is 21.5. The summed E-state index contributed by atoms with van der Waals surface area (Å²) in [6, 6.07) is 6.41. The molecule has 4 aromatic rings. The molecule has 0 saturated carbocycles. The second-order valence-electron chi connectivity index (χ2n) is 15.1. The second kappa shape index (κ2) is 15.7. The van der Waals surface area contributed by atoms with Crippen molar-refractivity contribution in [2.75, 3.05) is 58.9 Å². The van der Waals surface area contributed by atoms with E-state index < -0.39 is 32.3 Å². The SMILES string of the molecule is [2H]C([2H])([2H])OC[C@]12CC[C@H](CN(c3nc(SC)nc4c(F)c(-c5cc(OCOC)cc6ccc(F)c(C#C[Si](C(C)C)(C(C)C)C(C)C)c56)nc(OC)c34)C1)N2. The number of benzene rings is 2. The summed E-state index contributed by atoms with van der Waals surface area (Å²) in [6.07, 6.45) is 3.31. The summed E-state index contributed by atoms with van der Waals surface area (Å²) in [6.45, 7) is 13.9. The van der Waals surface area contributed by atoms with E-state index in [4.69, 9.17) is 33.0 Å². The van der Waals surface area contributed by atoms with Gasteiger partial charge in [-0.3, -0.25) is 0 Å². The molecule has 53 heavy (non-hydrogen) atoms. The summed E-state index contributed by atoms with van der Waals surface area (Å²) >= 11 is 1.26. The van der Waals surface area contributed by atoms with E-state index in [1.807, 2.05) is 11.2 Å². The smallest absolute Gasteiger partial charge is 0.227 e. The van der Waals surface area contributed by atoms with Crippen LogP contribution in [-0.4, -0.2) is 88.6 Å². The molecule has 6 rings (SSSR count). The monoisotopic (exact) mass is 766 g/mol. The highest BCUT2D eigenvalue weighted by atomic mass is 32.2. The average Bonchev–Trinajstić information content (AvgIpc) is 3.46. The van der Waals surface area contributed by atoms with Crippen LogP contribution in [-0.2, 0) is 9.47 Å². The Morgan fingerprint density at radius 1 is 1.06 bits per heavy atom. The molecule has 1 N–H and O–H groups in total. The minimum Gasteiger partial charge on any atom is -0.480 e. The van der Waals surface area contributed by atoms with Gasteiger partial charge in [-0.15, -0.1) is 5.54 Å². The maximum atomic E-state index is 17.5. The number of rotatable bonds is 12. The maximum Gasteiger partial charge on any atom is 0.227 e. The Hall–Kier alpha value is -3.54. The lowest BCUT2D eigenvalue weighted by atomic mass is 9.95. The molecular weight excluding hydrogens is 713 g/mol. The molecule has 2 saturated heterocycles. The van der Waals surface area contributed by atoms with Crippen molar-refractivity contribution in [2.24, 2.45) is 0 Å². The molecule has 0 unspecified atom stereocenters. The van der Waals surface area contributed by atoms with E-state index in [0.29, 0.717) is 63.6 Å². The lowest BCUT2D eigenvalue weighted by Gasteiger charge is -2.42. The number of fused-ring (bicyclic) bond motifs is 4. The number of ether oxygens (including phenoxy) is 4. The van der Waals surface area contributed by atoms with E-state index in [1.54, 1.807) is 18.2 Å². The number of anilines is 1. The summed E-state index contributed by atoms with van der Waals surface area (Å²) in [4.78, 5) is 16.3. The number of hydrogen-bond donors (Lipinski definition) is 1. The van der Waals surface area contributed by atoms with Crippen molar-refractivity contribution >= 4 is 47.3 Å². The fraction of sp³-hybridized carbons (Fsp3) is 0.525. The molecule has 284 valence electrons. The molecule has 0 aliphatic carbocycles. The second-order valence-corrected chi connectivity index (χ2v) is 21.4. The van der Waals surface area contributed by atoms with Crippen molar-refractivity contribution in [1.29, 1.82) is 0 Å². The highest BCUT2D eigenvalue weighted by molar-refractivity contribution is 7.98. The molecule has 2 aliphatic rings. The van der Waals surface area contributed by atoms with Gasteiger partial charge in [-0.1, -0.05) is 65.3 Å².